The molecule has 0 spiro atoms. The molecule has 0 aromatic carbocycles. The van der Waals surface area contributed by atoms with E-state index in [-0.39, 0.29) is 24.4 Å². The summed E-state index contributed by atoms with van der Waals surface area (Å²) in [6.45, 7) is 1.25. The molecule has 0 saturated heterocycles. The van der Waals surface area contributed by atoms with Crippen molar-refractivity contribution in [1.29, 1.82) is 0 Å². The summed E-state index contributed by atoms with van der Waals surface area (Å²) in [7, 11) is 0. The molecule has 84 valence electrons. The molecule has 0 saturated carbocycles. The Hall–Kier alpha value is -1.04. The van der Waals surface area contributed by atoms with Gasteiger partial charge in [0.25, 0.3) is 0 Å². The average Bonchev–Trinajstić information content (AvgIpc) is 2.21. The van der Waals surface area contributed by atoms with E-state index in [1.165, 1.54) is 19.1 Å². The fourth-order valence-electron chi connectivity index (χ4n) is 1.22. The van der Waals surface area contributed by atoms with Crippen LogP contribution in [0.2, 0.25) is 0 Å². The van der Waals surface area contributed by atoms with E-state index in [0.717, 1.165) is 0 Å². The third-order valence-corrected chi connectivity index (χ3v) is 2.14. The zero-order valence-corrected chi connectivity index (χ0v) is 8.39. The second-order valence-electron chi connectivity index (χ2n) is 3.33. The fourth-order valence-corrected chi connectivity index (χ4v) is 1.22. The van der Waals surface area contributed by atoms with Gasteiger partial charge in [0.05, 0.1) is 17.5 Å². The highest BCUT2D eigenvalue weighted by atomic mass is 19.1. The number of nitrogens with zero attached hydrogens (tertiary/aromatic N) is 1. The lowest BCUT2D eigenvalue weighted by molar-refractivity contribution is 0.00179. The predicted molar refractivity (Wildman–Crippen MR) is 51.6 cm³/mol. The molecule has 0 amide bonds. The Balaban J connectivity index is 2.81. The number of aliphatic hydroxyl groups is 3. The van der Waals surface area contributed by atoms with Crippen LogP contribution in [0, 0.1) is 12.7 Å². The minimum atomic E-state index is -1.20. The summed E-state index contributed by atoms with van der Waals surface area (Å²) < 4.78 is 12.9. The molecule has 0 aliphatic heterocycles. The standard InChI is InChI=1S/C10H14FNO3/c1-6-7(11)2-3-8(12-6)10(15)9(14)4-5-13/h2-3,9-10,13-15H,4-5H2,1H3. The van der Waals surface area contributed by atoms with Gasteiger partial charge in [-0.05, 0) is 25.5 Å². The molecule has 15 heavy (non-hydrogen) atoms. The summed E-state index contributed by atoms with van der Waals surface area (Å²) in [6, 6.07) is 2.50. The minimum Gasteiger partial charge on any atom is -0.396 e. The fraction of sp³-hybridized carbons (Fsp3) is 0.500. The first-order valence-electron chi connectivity index (χ1n) is 4.66. The van der Waals surface area contributed by atoms with E-state index in [0.29, 0.717) is 0 Å². The van der Waals surface area contributed by atoms with Crippen molar-refractivity contribution in [2.45, 2.75) is 25.6 Å². The molecule has 0 aliphatic rings. The monoisotopic (exact) mass is 215 g/mol. The van der Waals surface area contributed by atoms with Crippen molar-refractivity contribution < 1.29 is 19.7 Å². The second-order valence-corrected chi connectivity index (χ2v) is 3.33. The van der Waals surface area contributed by atoms with Gasteiger partial charge >= 0.3 is 0 Å². The lowest BCUT2D eigenvalue weighted by Gasteiger charge is -2.16. The van der Waals surface area contributed by atoms with Crippen LogP contribution in [0.1, 0.15) is 23.9 Å². The Morgan fingerprint density at radius 3 is 2.60 bits per heavy atom. The number of aryl methyl sites for hydroxylation is 1. The normalized spacial score (nSPS) is 15.0. The molecule has 4 nitrogen and oxygen atoms in total. The van der Waals surface area contributed by atoms with Gasteiger partial charge < -0.3 is 15.3 Å². The first-order valence-corrected chi connectivity index (χ1v) is 4.66. The van der Waals surface area contributed by atoms with Crippen molar-refractivity contribution in [2.75, 3.05) is 6.61 Å². The van der Waals surface area contributed by atoms with Gasteiger partial charge in [-0.1, -0.05) is 0 Å². The molecule has 0 radical (unpaired) electrons. The Bertz CT molecular complexity index is 332. The molecular formula is C10H14FNO3. The lowest BCUT2D eigenvalue weighted by atomic mass is 10.1. The minimum absolute atomic E-state index is 0.0548. The molecule has 2 atom stereocenters. The van der Waals surface area contributed by atoms with Crippen LogP contribution in [0.25, 0.3) is 0 Å². The van der Waals surface area contributed by atoms with Gasteiger partial charge in [-0.25, -0.2) is 4.39 Å². The maximum Gasteiger partial charge on any atom is 0.144 e. The number of pyridine rings is 1. The molecule has 1 aromatic heterocycles. The zero-order chi connectivity index (χ0) is 11.4. The van der Waals surface area contributed by atoms with E-state index in [4.69, 9.17) is 5.11 Å². The molecule has 0 aliphatic carbocycles. The van der Waals surface area contributed by atoms with Crippen molar-refractivity contribution >= 4 is 0 Å². The molecule has 2 unspecified atom stereocenters. The summed E-state index contributed by atoms with van der Waals surface area (Å²) in [5, 5.41) is 27.6. The summed E-state index contributed by atoms with van der Waals surface area (Å²) in [5.74, 6) is -0.456. The molecule has 0 fully saturated rings. The van der Waals surface area contributed by atoms with Gasteiger partial charge in [0.2, 0.25) is 0 Å². The van der Waals surface area contributed by atoms with Gasteiger partial charge in [0.15, 0.2) is 0 Å². The Morgan fingerprint density at radius 2 is 2.07 bits per heavy atom. The maximum atomic E-state index is 12.9. The predicted octanol–water partition coefficient (Wildman–Crippen LogP) is 0.306. The molecule has 0 bridgehead atoms. The Kier molecular flexibility index (Phi) is 4.14. The largest absolute Gasteiger partial charge is 0.396 e. The highest BCUT2D eigenvalue weighted by Gasteiger charge is 2.19. The van der Waals surface area contributed by atoms with Gasteiger partial charge in [0, 0.05) is 6.61 Å². The Morgan fingerprint density at radius 1 is 1.40 bits per heavy atom. The molecule has 3 N–H and O–H groups in total. The topological polar surface area (TPSA) is 73.6 Å². The van der Waals surface area contributed by atoms with Crippen LogP contribution in [-0.2, 0) is 0 Å². The quantitative estimate of drug-likeness (QED) is 0.675. The summed E-state index contributed by atoms with van der Waals surface area (Å²) in [4.78, 5) is 3.81. The highest BCUT2D eigenvalue weighted by Crippen LogP contribution is 2.17. The summed E-state index contributed by atoms with van der Waals surface area (Å²) in [6.07, 6.45) is -2.23. The van der Waals surface area contributed by atoms with Crippen LogP contribution >= 0.6 is 0 Å². The van der Waals surface area contributed by atoms with Crippen LogP contribution in [0.5, 0.6) is 0 Å². The van der Waals surface area contributed by atoms with E-state index in [9.17, 15) is 14.6 Å². The molecular weight excluding hydrogens is 201 g/mol. The van der Waals surface area contributed by atoms with Crippen LogP contribution in [0.4, 0.5) is 4.39 Å². The number of aliphatic hydroxyl groups excluding tert-OH is 3. The third-order valence-electron chi connectivity index (χ3n) is 2.14. The van der Waals surface area contributed by atoms with Gasteiger partial charge in [-0.3, -0.25) is 4.98 Å². The number of hydrogen-bond donors (Lipinski definition) is 3. The van der Waals surface area contributed by atoms with Crippen molar-refractivity contribution in [1.82, 2.24) is 4.98 Å². The van der Waals surface area contributed by atoms with Crippen molar-refractivity contribution in [3.63, 3.8) is 0 Å². The van der Waals surface area contributed by atoms with Crippen LogP contribution in [0.15, 0.2) is 12.1 Å². The highest BCUT2D eigenvalue weighted by molar-refractivity contribution is 5.14. The van der Waals surface area contributed by atoms with Crippen LogP contribution < -0.4 is 0 Å². The number of aromatic nitrogens is 1. The van der Waals surface area contributed by atoms with Gasteiger partial charge in [-0.2, -0.15) is 0 Å². The maximum absolute atomic E-state index is 12.9. The van der Waals surface area contributed by atoms with E-state index in [1.807, 2.05) is 0 Å². The zero-order valence-electron chi connectivity index (χ0n) is 8.39. The van der Waals surface area contributed by atoms with E-state index < -0.39 is 18.0 Å². The smallest absolute Gasteiger partial charge is 0.144 e. The Labute approximate surface area is 87.0 Å². The number of hydrogen-bond acceptors (Lipinski definition) is 4. The number of halogens is 1. The molecule has 1 rings (SSSR count). The first kappa shape index (κ1) is 12.0. The van der Waals surface area contributed by atoms with E-state index in [2.05, 4.69) is 4.98 Å². The van der Waals surface area contributed by atoms with E-state index >= 15 is 0 Å². The first-order chi connectivity index (χ1) is 7.06. The van der Waals surface area contributed by atoms with Crippen LogP contribution in [-0.4, -0.2) is 33.0 Å². The van der Waals surface area contributed by atoms with Crippen molar-refractivity contribution in [3.05, 3.63) is 29.3 Å². The molecule has 5 heteroatoms. The van der Waals surface area contributed by atoms with E-state index in [1.54, 1.807) is 0 Å². The van der Waals surface area contributed by atoms with Crippen molar-refractivity contribution in [2.24, 2.45) is 0 Å². The van der Waals surface area contributed by atoms with Gasteiger partial charge in [-0.15, -0.1) is 0 Å². The van der Waals surface area contributed by atoms with Crippen molar-refractivity contribution in [3.8, 4) is 0 Å². The lowest BCUT2D eigenvalue weighted by Crippen LogP contribution is -2.20. The van der Waals surface area contributed by atoms with Crippen LogP contribution in [0.3, 0.4) is 0 Å². The van der Waals surface area contributed by atoms with Gasteiger partial charge in [0.1, 0.15) is 11.9 Å². The summed E-state index contributed by atoms with van der Waals surface area (Å²) in [5.41, 5.74) is 0.373. The average molecular weight is 215 g/mol. The number of rotatable bonds is 4. The molecule has 1 aromatic rings. The second kappa shape index (κ2) is 5.16. The SMILES string of the molecule is Cc1nc(C(O)C(O)CCO)ccc1F. The summed E-state index contributed by atoms with van der Waals surface area (Å²) >= 11 is 0. The molecule has 1 heterocycles. The third kappa shape index (κ3) is 2.95.